The second-order valence-electron chi connectivity index (χ2n) is 3.88. The zero-order valence-electron chi connectivity index (χ0n) is 8.62. The first-order valence-corrected chi connectivity index (χ1v) is 5.87. The molecule has 0 bridgehead atoms. The average molecular weight is 287 g/mol. The molecule has 16 heavy (non-hydrogen) atoms. The number of anilines is 1. The number of para-hydroxylation sites is 1. The lowest BCUT2D eigenvalue weighted by Gasteiger charge is -2.18. The maximum absolute atomic E-state index is 13.7. The van der Waals surface area contributed by atoms with E-state index in [2.05, 4.69) is 15.9 Å². The molecule has 3 nitrogen and oxygen atoms in total. The van der Waals surface area contributed by atoms with E-state index in [0.717, 1.165) is 0 Å². The highest BCUT2D eigenvalue weighted by Crippen LogP contribution is 2.33. The van der Waals surface area contributed by atoms with Gasteiger partial charge >= 0.3 is 0 Å². The highest BCUT2D eigenvalue weighted by atomic mass is 79.9. The second kappa shape index (κ2) is 4.51. The Hall–Kier alpha value is -0.940. The van der Waals surface area contributed by atoms with Gasteiger partial charge in [-0.15, -0.1) is 0 Å². The highest BCUT2D eigenvalue weighted by Gasteiger charge is 2.32. The van der Waals surface area contributed by atoms with Crippen molar-refractivity contribution in [3.63, 3.8) is 0 Å². The van der Waals surface area contributed by atoms with E-state index in [1.54, 1.807) is 12.1 Å². The van der Waals surface area contributed by atoms with Crippen molar-refractivity contribution in [2.24, 2.45) is 11.7 Å². The molecule has 1 heterocycles. The lowest BCUT2D eigenvalue weighted by atomic mass is 10.1. The summed E-state index contributed by atoms with van der Waals surface area (Å²) in [4.78, 5) is 13.2. The molecule has 5 heteroatoms. The van der Waals surface area contributed by atoms with E-state index >= 15 is 0 Å². The number of hydrogen-bond donors (Lipinski definition) is 1. The number of carbonyl (C=O) groups excluding carboxylic acids is 1. The summed E-state index contributed by atoms with van der Waals surface area (Å²) in [6.07, 6.45) is 0.400. The van der Waals surface area contributed by atoms with Crippen LogP contribution in [0.2, 0.25) is 0 Å². The number of hydrogen-bond acceptors (Lipinski definition) is 2. The Morgan fingerprint density at radius 1 is 1.56 bits per heavy atom. The van der Waals surface area contributed by atoms with Crippen molar-refractivity contribution < 1.29 is 9.18 Å². The topological polar surface area (TPSA) is 46.3 Å². The highest BCUT2D eigenvalue weighted by molar-refractivity contribution is 9.10. The molecule has 1 saturated heterocycles. The van der Waals surface area contributed by atoms with Crippen molar-refractivity contribution in [2.75, 3.05) is 18.0 Å². The summed E-state index contributed by atoms with van der Waals surface area (Å²) < 4.78 is 14.2. The summed E-state index contributed by atoms with van der Waals surface area (Å²) in [5.74, 6) is -0.333. The van der Waals surface area contributed by atoms with Crippen LogP contribution in [-0.4, -0.2) is 19.0 Å². The van der Waals surface area contributed by atoms with Crippen molar-refractivity contribution >= 4 is 27.5 Å². The molecule has 2 rings (SSSR count). The van der Waals surface area contributed by atoms with Crippen LogP contribution in [-0.2, 0) is 4.79 Å². The van der Waals surface area contributed by atoms with Gasteiger partial charge in [0.05, 0.1) is 5.69 Å². The minimum atomic E-state index is -0.389. The molecule has 1 amide bonds. The van der Waals surface area contributed by atoms with Crippen LogP contribution < -0.4 is 10.6 Å². The van der Waals surface area contributed by atoms with Crippen molar-refractivity contribution in [1.29, 1.82) is 0 Å². The molecular formula is C11H12BrFN2O. The van der Waals surface area contributed by atoms with E-state index in [1.165, 1.54) is 11.0 Å². The van der Waals surface area contributed by atoms with Crippen LogP contribution in [0.1, 0.15) is 6.42 Å². The number of nitrogens with zero attached hydrogens (tertiary/aromatic N) is 1. The van der Waals surface area contributed by atoms with Crippen LogP contribution in [0.4, 0.5) is 10.1 Å². The van der Waals surface area contributed by atoms with Gasteiger partial charge in [-0.25, -0.2) is 4.39 Å². The molecule has 1 aliphatic rings. The predicted molar refractivity (Wildman–Crippen MR) is 63.6 cm³/mol. The Kier molecular flexibility index (Phi) is 3.25. The average Bonchev–Trinajstić information content (AvgIpc) is 2.60. The molecule has 2 N–H and O–H groups in total. The third-order valence-corrected chi connectivity index (χ3v) is 3.39. The normalized spacial score (nSPS) is 20.6. The number of halogens is 2. The van der Waals surface area contributed by atoms with Crippen molar-refractivity contribution in [2.45, 2.75) is 6.42 Å². The maximum atomic E-state index is 13.7. The second-order valence-corrected chi connectivity index (χ2v) is 4.73. The quantitative estimate of drug-likeness (QED) is 0.903. The standard InChI is InChI=1S/C11H12BrFN2O/c12-8-2-1-3-9(13)11(8)15-6-7(5-14)4-10(15)16/h1-3,7H,4-6,14H2. The first-order chi connectivity index (χ1) is 7.63. The van der Waals surface area contributed by atoms with E-state index in [-0.39, 0.29) is 17.6 Å². The summed E-state index contributed by atoms with van der Waals surface area (Å²) in [7, 11) is 0. The molecule has 1 aromatic carbocycles. The molecule has 0 aromatic heterocycles. The number of carbonyl (C=O) groups is 1. The zero-order chi connectivity index (χ0) is 11.7. The summed E-state index contributed by atoms with van der Waals surface area (Å²) in [5.41, 5.74) is 5.85. The fourth-order valence-corrected chi connectivity index (χ4v) is 2.46. The number of nitrogens with two attached hydrogens (primary N) is 1. The van der Waals surface area contributed by atoms with Crippen molar-refractivity contribution in [3.8, 4) is 0 Å². The largest absolute Gasteiger partial charge is 0.330 e. The molecule has 0 aliphatic carbocycles. The monoisotopic (exact) mass is 286 g/mol. The number of benzene rings is 1. The number of amides is 1. The molecule has 0 saturated carbocycles. The Labute approximate surface area is 102 Å². The van der Waals surface area contributed by atoms with Gasteiger partial charge in [-0.2, -0.15) is 0 Å². The molecular weight excluding hydrogens is 275 g/mol. The fourth-order valence-electron chi connectivity index (χ4n) is 1.90. The third-order valence-electron chi connectivity index (χ3n) is 2.75. The van der Waals surface area contributed by atoms with Gasteiger partial charge in [-0.1, -0.05) is 6.07 Å². The molecule has 1 aliphatic heterocycles. The van der Waals surface area contributed by atoms with Crippen LogP contribution in [0.25, 0.3) is 0 Å². The number of rotatable bonds is 2. The van der Waals surface area contributed by atoms with Gasteiger partial charge in [0.25, 0.3) is 0 Å². The van der Waals surface area contributed by atoms with Crippen LogP contribution in [0, 0.1) is 11.7 Å². The Balaban J connectivity index is 2.35. The van der Waals surface area contributed by atoms with Crippen molar-refractivity contribution in [1.82, 2.24) is 0 Å². The van der Waals surface area contributed by atoms with E-state index in [4.69, 9.17) is 5.73 Å². The molecule has 0 radical (unpaired) electrons. The van der Waals surface area contributed by atoms with E-state index in [1.807, 2.05) is 0 Å². The van der Waals surface area contributed by atoms with Crippen LogP contribution in [0.15, 0.2) is 22.7 Å². The summed E-state index contributed by atoms with van der Waals surface area (Å²) in [6.45, 7) is 0.948. The SMILES string of the molecule is NCC1CC(=O)N(c2c(F)cccc2Br)C1. The van der Waals surface area contributed by atoms with E-state index < -0.39 is 0 Å². The van der Waals surface area contributed by atoms with Gasteiger partial charge < -0.3 is 10.6 Å². The molecule has 86 valence electrons. The first-order valence-electron chi connectivity index (χ1n) is 5.08. The van der Waals surface area contributed by atoms with Crippen LogP contribution >= 0.6 is 15.9 Å². The predicted octanol–water partition coefficient (Wildman–Crippen LogP) is 1.90. The van der Waals surface area contributed by atoms with Crippen molar-refractivity contribution in [3.05, 3.63) is 28.5 Å². The minimum Gasteiger partial charge on any atom is -0.330 e. The zero-order valence-corrected chi connectivity index (χ0v) is 10.2. The van der Waals surface area contributed by atoms with Gasteiger partial charge in [-0.3, -0.25) is 4.79 Å². The van der Waals surface area contributed by atoms with Crippen LogP contribution in [0.3, 0.4) is 0 Å². The first kappa shape index (κ1) is 11.5. The van der Waals surface area contributed by atoms with E-state index in [0.29, 0.717) is 29.7 Å². The smallest absolute Gasteiger partial charge is 0.227 e. The summed E-state index contributed by atoms with van der Waals surface area (Å²) in [5, 5.41) is 0. The van der Waals surface area contributed by atoms with Gasteiger partial charge in [0.1, 0.15) is 5.82 Å². The Morgan fingerprint density at radius 2 is 2.31 bits per heavy atom. The molecule has 1 atom stereocenters. The lowest BCUT2D eigenvalue weighted by molar-refractivity contribution is -0.117. The molecule has 1 unspecified atom stereocenters. The summed E-state index contributed by atoms with van der Waals surface area (Å²) in [6, 6.07) is 4.68. The Morgan fingerprint density at radius 3 is 2.88 bits per heavy atom. The van der Waals surface area contributed by atoms with Gasteiger partial charge in [-0.05, 0) is 40.5 Å². The molecule has 1 aromatic rings. The molecule has 1 fully saturated rings. The fraction of sp³-hybridized carbons (Fsp3) is 0.364. The van der Waals surface area contributed by atoms with Crippen LogP contribution in [0.5, 0.6) is 0 Å². The van der Waals surface area contributed by atoms with Gasteiger partial charge in [0, 0.05) is 17.4 Å². The minimum absolute atomic E-state index is 0.0683. The van der Waals surface area contributed by atoms with E-state index in [9.17, 15) is 9.18 Å². The molecule has 0 spiro atoms. The van der Waals surface area contributed by atoms with Gasteiger partial charge in [0.15, 0.2) is 0 Å². The Bertz CT molecular complexity index is 404. The lowest BCUT2D eigenvalue weighted by Crippen LogP contribution is -2.27. The maximum Gasteiger partial charge on any atom is 0.227 e. The summed E-state index contributed by atoms with van der Waals surface area (Å²) >= 11 is 3.26. The van der Waals surface area contributed by atoms with Gasteiger partial charge in [0.2, 0.25) is 5.91 Å². The third kappa shape index (κ3) is 1.97.